The van der Waals surface area contributed by atoms with Crippen molar-refractivity contribution in [3.63, 3.8) is 0 Å². The van der Waals surface area contributed by atoms with Crippen LogP contribution in [-0.4, -0.2) is 11.1 Å². The van der Waals surface area contributed by atoms with Gasteiger partial charge in [-0.25, -0.2) is 4.79 Å². The van der Waals surface area contributed by atoms with E-state index in [4.69, 9.17) is 4.74 Å². The maximum absolute atomic E-state index is 13.1. The molecule has 28 heavy (non-hydrogen) atoms. The number of esters is 1. The summed E-state index contributed by atoms with van der Waals surface area (Å²) in [7, 11) is 0. The maximum Gasteiger partial charge on any atom is 0.343 e. The van der Waals surface area contributed by atoms with Crippen LogP contribution in [0.5, 0.6) is 11.5 Å². The molecule has 1 N–H and O–H groups in total. The van der Waals surface area contributed by atoms with Gasteiger partial charge in [-0.3, -0.25) is 0 Å². The van der Waals surface area contributed by atoms with Crippen LogP contribution < -0.4 is 4.74 Å². The fourth-order valence-electron chi connectivity index (χ4n) is 3.16. The van der Waals surface area contributed by atoms with E-state index in [0.29, 0.717) is 11.3 Å². The lowest BCUT2D eigenvalue weighted by Gasteiger charge is -2.27. The predicted molar refractivity (Wildman–Crippen MR) is 116 cm³/mol. The molecule has 152 valence electrons. The van der Waals surface area contributed by atoms with Gasteiger partial charge in [0.05, 0.1) is 5.56 Å². The van der Waals surface area contributed by atoms with Crippen molar-refractivity contribution in [3.8, 4) is 11.5 Å². The van der Waals surface area contributed by atoms with Crippen molar-refractivity contribution < 1.29 is 14.6 Å². The lowest BCUT2D eigenvalue weighted by molar-refractivity contribution is 0.0729. The number of carbonyl (C=O) groups excluding carboxylic acids is 1. The van der Waals surface area contributed by atoms with Crippen LogP contribution in [0.4, 0.5) is 0 Å². The maximum atomic E-state index is 13.1. The van der Waals surface area contributed by atoms with Gasteiger partial charge in [0, 0.05) is 5.56 Å². The highest BCUT2D eigenvalue weighted by atomic mass is 16.5. The topological polar surface area (TPSA) is 46.5 Å². The Morgan fingerprint density at radius 1 is 0.750 bits per heavy atom. The third kappa shape index (κ3) is 4.95. The Bertz CT molecular complexity index is 872. The molecule has 0 bridgehead atoms. The fourth-order valence-corrected chi connectivity index (χ4v) is 3.16. The van der Waals surface area contributed by atoms with E-state index in [1.54, 1.807) is 12.1 Å². The lowest BCUT2D eigenvalue weighted by Crippen LogP contribution is -2.22. The number of hydrogen-bond donors (Lipinski definition) is 1. The third-order valence-electron chi connectivity index (χ3n) is 4.89. The Hall–Kier alpha value is -2.29. The van der Waals surface area contributed by atoms with Crippen LogP contribution in [0.2, 0.25) is 0 Å². The van der Waals surface area contributed by atoms with Crippen LogP contribution in [0.1, 0.15) is 89.4 Å². The van der Waals surface area contributed by atoms with Crippen LogP contribution in [0.3, 0.4) is 0 Å². The Morgan fingerprint density at radius 3 is 1.82 bits per heavy atom. The first-order chi connectivity index (χ1) is 12.6. The molecule has 0 fully saturated rings. The Balaban J connectivity index is 2.51. The largest absolute Gasteiger partial charge is 0.508 e. The number of benzene rings is 2. The van der Waals surface area contributed by atoms with E-state index < -0.39 is 5.97 Å². The first kappa shape index (κ1) is 22.0. The molecule has 0 amide bonds. The highest BCUT2D eigenvalue weighted by Gasteiger charge is 2.27. The number of carbonyl (C=O) groups is 1. The second kappa shape index (κ2) is 7.27. The number of phenolic OH excluding ortho intramolecular Hbond substituents is 1. The summed E-state index contributed by atoms with van der Waals surface area (Å²) in [6.45, 7) is 18.9. The van der Waals surface area contributed by atoms with Crippen molar-refractivity contribution >= 4 is 5.97 Å². The number of rotatable bonds is 2. The molecule has 3 heteroatoms. The number of hydrogen-bond acceptors (Lipinski definition) is 3. The van der Waals surface area contributed by atoms with E-state index in [-0.39, 0.29) is 22.0 Å². The fraction of sp³-hybridized carbons (Fsp3) is 0.480. The van der Waals surface area contributed by atoms with Gasteiger partial charge < -0.3 is 9.84 Å². The molecule has 0 heterocycles. The highest BCUT2D eigenvalue weighted by molar-refractivity contribution is 5.93. The minimum atomic E-state index is -0.404. The molecule has 3 nitrogen and oxygen atoms in total. The summed E-state index contributed by atoms with van der Waals surface area (Å²) in [5.74, 6) is 0.323. The van der Waals surface area contributed by atoms with Gasteiger partial charge in [-0.05, 0) is 51.6 Å². The van der Waals surface area contributed by atoms with Gasteiger partial charge in [0.25, 0.3) is 0 Å². The molecular weight excluding hydrogens is 348 g/mol. The van der Waals surface area contributed by atoms with Gasteiger partial charge in [0.2, 0.25) is 0 Å². The molecule has 0 saturated heterocycles. The Labute approximate surface area is 169 Å². The van der Waals surface area contributed by atoms with Gasteiger partial charge in [-0.15, -0.1) is 0 Å². The monoisotopic (exact) mass is 382 g/mol. The number of ether oxygens (including phenoxy) is 1. The lowest BCUT2D eigenvalue weighted by atomic mass is 9.80. The molecule has 0 aliphatic carbocycles. The molecule has 0 saturated carbocycles. The second-order valence-corrected chi connectivity index (χ2v) is 10.6. The summed E-state index contributed by atoms with van der Waals surface area (Å²) in [5, 5.41) is 9.88. The van der Waals surface area contributed by atoms with Crippen molar-refractivity contribution in [2.45, 2.75) is 78.6 Å². The second-order valence-electron chi connectivity index (χ2n) is 10.6. The van der Waals surface area contributed by atoms with Crippen LogP contribution in [0, 0.1) is 0 Å². The van der Waals surface area contributed by atoms with Crippen LogP contribution >= 0.6 is 0 Å². The first-order valence-electron chi connectivity index (χ1n) is 9.81. The molecule has 0 spiro atoms. The molecule has 0 aromatic heterocycles. The quantitative estimate of drug-likeness (QED) is 0.476. The third-order valence-corrected chi connectivity index (χ3v) is 4.89. The number of aromatic hydroxyl groups is 1. The van der Waals surface area contributed by atoms with E-state index in [9.17, 15) is 9.90 Å². The molecule has 0 aliphatic rings. The molecule has 2 aromatic carbocycles. The average molecular weight is 383 g/mol. The highest BCUT2D eigenvalue weighted by Crippen LogP contribution is 2.36. The van der Waals surface area contributed by atoms with Gasteiger partial charge >= 0.3 is 5.97 Å². The van der Waals surface area contributed by atoms with Gasteiger partial charge in [0.15, 0.2) is 0 Å². The summed E-state index contributed by atoms with van der Waals surface area (Å²) >= 11 is 0. The molecule has 2 aromatic rings. The Morgan fingerprint density at radius 2 is 1.32 bits per heavy atom. The first-order valence-corrected chi connectivity index (χ1v) is 9.81. The summed E-state index contributed by atoms with van der Waals surface area (Å²) in [6.07, 6.45) is 0. The number of phenols is 1. The van der Waals surface area contributed by atoms with Crippen molar-refractivity contribution in [2.24, 2.45) is 0 Å². The van der Waals surface area contributed by atoms with E-state index >= 15 is 0 Å². The summed E-state index contributed by atoms with van der Waals surface area (Å²) < 4.78 is 5.88. The standard InChI is InChI=1S/C25H34O3/c1-23(2,3)16-10-13-21(20(14-16)25(7,8)9)28-22(27)18-12-11-17(26)15-19(18)24(4,5)6/h10-15,26H,1-9H3. The smallest absolute Gasteiger partial charge is 0.343 e. The molecule has 0 aliphatic heterocycles. The zero-order chi connectivity index (χ0) is 21.5. The zero-order valence-corrected chi connectivity index (χ0v) is 18.7. The minimum Gasteiger partial charge on any atom is -0.508 e. The van der Waals surface area contributed by atoms with E-state index in [0.717, 1.165) is 11.1 Å². The van der Waals surface area contributed by atoms with Crippen molar-refractivity contribution in [1.82, 2.24) is 0 Å². The van der Waals surface area contributed by atoms with E-state index in [2.05, 4.69) is 47.6 Å². The normalized spacial score (nSPS) is 12.8. The molecule has 0 atom stereocenters. The summed E-state index contributed by atoms with van der Waals surface area (Å²) in [4.78, 5) is 13.1. The zero-order valence-electron chi connectivity index (χ0n) is 18.7. The van der Waals surface area contributed by atoms with Crippen LogP contribution in [0.15, 0.2) is 36.4 Å². The van der Waals surface area contributed by atoms with Crippen molar-refractivity contribution in [1.29, 1.82) is 0 Å². The van der Waals surface area contributed by atoms with Gasteiger partial charge in [0.1, 0.15) is 11.5 Å². The average Bonchev–Trinajstić information content (AvgIpc) is 2.52. The van der Waals surface area contributed by atoms with Crippen molar-refractivity contribution in [2.75, 3.05) is 0 Å². The van der Waals surface area contributed by atoms with E-state index in [1.165, 1.54) is 11.6 Å². The van der Waals surface area contributed by atoms with Crippen molar-refractivity contribution in [3.05, 3.63) is 58.7 Å². The molecular formula is C25H34O3. The molecule has 0 radical (unpaired) electrons. The summed E-state index contributed by atoms with van der Waals surface area (Å²) in [6, 6.07) is 10.9. The SMILES string of the molecule is CC(C)(C)c1ccc(OC(=O)c2ccc(O)cc2C(C)(C)C)c(C(C)(C)C)c1. The Kier molecular flexibility index (Phi) is 5.71. The minimum absolute atomic E-state index is 0.0128. The van der Waals surface area contributed by atoms with Gasteiger partial charge in [-0.1, -0.05) is 74.4 Å². The van der Waals surface area contributed by atoms with Crippen LogP contribution in [-0.2, 0) is 16.2 Å². The molecule has 2 rings (SSSR count). The van der Waals surface area contributed by atoms with Crippen LogP contribution in [0.25, 0.3) is 0 Å². The predicted octanol–water partition coefficient (Wildman–Crippen LogP) is 6.50. The van der Waals surface area contributed by atoms with E-state index in [1.807, 2.05) is 32.9 Å². The van der Waals surface area contributed by atoms with Gasteiger partial charge in [-0.2, -0.15) is 0 Å². The molecule has 0 unspecified atom stereocenters. The summed E-state index contributed by atoms with van der Waals surface area (Å²) in [5.41, 5.74) is 3.00.